The van der Waals surface area contributed by atoms with Gasteiger partial charge in [-0.1, -0.05) is 6.07 Å². The van der Waals surface area contributed by atoms with E-state index < -0.39 is 11.9 Å². The summed E-state index contributed by atoms with van der Waals surface area (Å²) in [5, 5.41) is 2.75. The van der Waals surface area contributed by atoms with Crippen molar-refractivity contribution in [3.8, 4) is 11.6 Å². The molecule has 0 radical (unpaired) electrons. The van der Waals surface area contributed by atoms with Crippen LogP contribution in [-0.4, -0.2) is 43.0 Å². The molecule has 0 spiro atoms. The average molecular weight is 382 g/mol. The summed E-state index contributed by atoms with van der Waals surface area (Å²) in [6.45, 7) is 1.06. The molecule has 6 nitrogen and oxygen atoms in total. The number of halogens is 3. The first kappa shape index (κ1) is 20.7. The van der Waals surface area contributed by atoms with E-state index in [9.17, 15) is 18.0 Å². The number of rotatable bonds is 7. The number of hydrogen-bond donors (Lipinski definition) is 2. The smallest absolute Gasteiger partial charge is 0.433 e. The monoisotopic (exact) mass is 382 g/mol. The fourth-order valence-electron chi connectivity index (χ4n) is 2.19. The number of likely N-dealkylation sites (N-methyl/N-ethyl adjacent to an activating group) is 1. The molecule has 0 bridgehead atoms. The van der Waals surface area contributed by atoms with Crippen molar-refractivity contribution in [1.82, 2.24) is 15.2 Å². The van der Waals surface area contributed by atoms with Gasteiger partial charge in [0.1, 0.15) is 11.4 Å². The predicted molar refractivity (Wildman–Crippen MR) is 94.5 cm³/mol. The number of nitrogens with one attached hydrogen (secondary N) is 1. The van der Waals surface area contributed by atoms with Gasteiger partial charge in [0.15, 0.2) is 0 Å². The van der Waals surface area contributed by atoms with Crippen molar-refractivity contribution in [2.24, 2.45) is 5.73 Å². The number of carbonyl (C=O) groups is 1. The van der Waals surface area contributed by atoms with Crippen molar-refractivity contribution in [3.63, 3.8) is 0 Å². The van der Waals surface area contributed by atoms with E-state index in [1.165, 1.54) is 18.2 Å². The molecule has 0 aliphatic rings. The molecule has 9 heteroatoms. The van der Waals surface area contributed by atoms with Gasteiger partial charge in [-0.2, -0.15) is 13.2 Å². The first-order chi connectivity index (χ1) is 12.7. The molecule has 2 rings (SSSR count). The number of hydrogen-bond acceptors (Lipinski definition) is 5. The average Bonchev–Trinajstić information content (AvgIpc) is 2.60. The van der Waals surface area contributed by atoms with Crippen LogP contribution in [0.2, 0.25) is 0 Å². The number of aromatic nitrogens is 1. The van der Waals surface area contributed by atoms with Gasteiger partial charge in [-0.15, -0.1) is 0 Å². The largest absolute Gasteiger partial charge is 0.439 e. The molecule has 1 aromatic carbocycles. The van der Waals surface area contributed by atoms with Crippen LogP contribution in [0.3, 0.4) is 0 Å². The lowest BCUT2D eigenvalue weighted by Gasteiger charge is -2.12. The number of alkyl halides is 3. The van der Waals surface area contributed by atoms with Gasteiger partial charge in [-0.25, -0.2) is 4.98 Å². The molecule has 2 aromatic rings. The topological polar surface area (TPSA) is 80.5 Å². The van der Waals surface area contributed by atoms with Crippen LogP contribution in [0.5, 0.6) is 11.6 Å². The first-order valence-corrected chi connectivity index (χ1v) is 8.18. The Morgan fingerprint density at radius 2 is 2.00 bits per heavy atom. The highest BCUT2D eigenvalue weighted by molar-refractivity contribution is 5.94. The van der Waals surface area contributed by atoms with Gasteiger partial charge in [0.2, 0.25) is 5.88 Å². The molecule has 0 atom stereocenters. The molecule has 27 heavy (non-hydrogen) atoms. The molecular weight excluding hydrogens is 361 g/mol. The Labute approximate surface area is 155 Å². The van der Waals surface area contributed by atoms with E-state index in [0.29, 0.717) is 18.7 Å². The SMILES string of the molecule is CN(C)CCNC(=O)c1cccc(Oc2cc(CN)cc(C(F)(F)F)n2)c1. The highest BCUT2D eigenvalue weighted by Gasteiger charge is 2.33. The second-order valence-corrected chi connectivity index (χ2v) is 6.09. The molecular formula is C18H21F3N4O2. The van der Waals surface area contributed by atoms with Crippen LogP contribution in [-0.2, 0) is 12.7 Å². The minimum Gasteiger partial charge on any atom is -0.439 e. The van der Waals surface area contributed by atoms with E-state index in [1.807, 2.05) is 19.0 Å². The lowest BCUT2D eigenvalue weighted by Crippen LogP contribution is -2.31. The van der Waals surface area contributed by atoms with E-state index >= 15 is 0 Å². The molecule has 0 fully saturated rings. The quantitative estimate of drug-likeness (QED) is 0.770. The van der Waals surface area contributed by atoms with Crippen molar-refractivity contribution >= 4 is 5.91 Å². The third-order valence-corrected chi connectivity index (χ3v) is 3.55. The van der Waals surface area contributed by atoms with Gasteiger partial charge < -0.3 is 20.7 Å². The van der Waals surface area contributed by atoms with E-state index in [2.05, 4.69) is 10.3 Å². The minimum absolute atomic E-state index is 0.0870. The van der Waals surface area contributed by atoms with Crippen molar-refractivity contribution in [2.45, 2.75) is 12.7 Å². The van der Waals surface area contributed by atoms with Gasteiger partial charge in [0, 0.05) is 31.3 Å². The maximum absolute atomic E-state index is 13.0. The van der Waals surface area contributed by atoms with Crippen molar-refractivity contribution in [1.29, 1.82) is 0 Å². The standard InChI is InChI=1S/C18H21F3N4O2/c1-25(2)7-6-23-17(26)13-4-3-5-14(10-13)27-16-9-12(11-22)8-15(24-16)18(19,20)21/h3-5,8-10H,6-7,11,22H2,1-2H3,(H,23,26). The maximum atomic E-state index is 13.0. The van der Waals surface area contributed by atoms with Crippen LogP contribution in [0, 0.1) is 0 Å². The van der Waals surface area contributed by atoms with Gasteiger partial charge >= 0.3 is 6.18 Å². The Balaban J connectivity index is 2.17. The normalized spacial score (nSPS) is 11.5. The van der Waals surface area contributed by atoms with Crippen molar-refractivity contribution in [2.75, 3.05) is 27.2 Å². The summed E-state index contributed by atoms with van der Waals surface area (Å²) in [7, 11) is 3.77. The van der Waals surface area contributed by atoms with E-state index in [-0.39, 0.29) is 29.6 Å². The molecule has 1 aromatic heterocycles. The molecule has 146 valence electrons. The molecule has 0 unspecified atom stereocenters. The minimum atomic E-state index is -4.61. The van der Waals surface area contributed by atoms with E-state index in [1.54, 1.807) is 12.1 Å². The Morgan fingerprint density at radius 3 is 2.63 bits per heavy atom. The molecule has 1 heterocycles. The molecule has 0 saturated carbocycles. The van der Waals surface area contributed by atoms with Gasteiger partial charge in [0.25, 0.3) is 5.91 Å². The lowest BCUT2D eigenvalue weighted by molar-refractivity contribution is -0.141. The summed E-state index contributed by atoms with van der Waals surface area (Å²) in [4.78, 5) is 17.6. The molecule has 0 aliphatic carbocycles. The third-order valence-electron chi connectivity index (χ3n) is 3.55. The second-order valence-electron chi connectivity index (χ2n) is 6.09. The lowest BCUT2D eigenvalue weighted by atomic mass is 10.2. The number of nitrogens with zero attached hydrogens (tertiary/aromatic N) is 2. The summed E-state index contributed by atoms with van der Waals surface area (Å²) >= 11 is 0. The molecule has 1 amide bonds. The number of pyridine rings is 1. The molecule has 0 saturated heterocycles. The third kappa shape index (κ3) is 6.22. The van der Waals surface area contributed by atoms with E-state index in [4.69, 9.17) is 10.5 Å². The summed E-state index contributed by atoms with van der Waals surface area (Å²) in [5.74, 6) is -0.345. The number of carbonyl (C=O) groups excluding carboxylic acids is 1. The van der Waals surface area contributed by atoms with Crippen LogP contribution in [0.15, 0.2) is 36.4 Å². The summed E-state index contributed by atoms with van der Waals surface area (Å²) in [6.07, 6.45) is -4.61. The van der Waals surface area contributed by atoms with Crippen LogP contribution < -0.4 is 15.8 Å². The predicted octanol–water partition coefficient (Wildman–Crippen LogP) is 2.64. The van der Waals surface area contributed by atoms with Crippen molar-refractivity contribution in [3.05, 3.63) is 53.2 Å². The Kier molecular flexibility index (Phi) is 6.75. The summed E-state index contributed by atoms with van der Waals surface area (Å²) in [6, 6.07) is 8.34. The number of amides is 1. The fraction of sp³-hybridized carbons (Fsp3) is 0.333. The number of ether oxygens (including phenoxy) is 1. The maximum Gasteiger partial charge on any atom is 0.433 e. The zero-order chi connectivity index (χ0) is 20.0. The highest BCUT2D eigenvalue weighted by atomic mass is 19.4. The van der Waals surface area contributed by atoms with Crippen LogP contribution in [0.25, 0.3) is 0 Å². The highest BCUT2D eigenvalue weighted by Crippen LogP contribution is 2.31. The van der Waals surface area contributed by atoms with Gasteiger partial charge in [-0.05, 0) is 43.9 Å². The van der Waals surface area contributed by atoms with Crippen LogP contribution in [0.4, 0.5) is 13.2 Å². The summed E-state index contributed by atoms with van der Waals surface area (Å²) in [5.41, 5.74) is 4.94. The van der Waals surface area contributed by atoms with Crippen LogP contribution in [0.1, 0.15) is 21.6 Å². The zero-order valence-electron chi connectivity index (χ0n) is 15.0. The first-order valence-electron chi connectivity index (χ1n) is 8.18. The van der Waals surface area contributed by atoms with Crippen molar-refractivity contribution < 1.29 is 22.7 Å². The second kappa shape index (κ2) is 8.83. The molecule has 3 N–H and O–H groups in total. The number of benzene rings is 1. The number of nitrogens with two attached hydrogens (primary N) is 1. The molecule has 0 aliphatic heterocycles. The zero-order valence-corrected chi connectivity index (χ0v) is 15.0. The fourth-order valence-corrected chi connectivity index (χ4v) is 2.19. The van der Waals surface area contributed by atoms with E-state index in [0.717, 1.165) is 6.07 Å². The Bertz CT molecular complexity index is 794. The Hall–Kier alpha value is -2.65. The summed E-state index contributed by atoms with van der Waals surface area (Å²) < 4.78 is 44.3. The van der Waals surface area contributed by atoms with Crippen LogP contribution >= 0.6 is 0 Å². The van der Waals surface area contributed by atoms with Gasteiger partial charge in [-0.3, -0.25) is 4.79 Å². The Morgan fingerprint density at radius 1 is 1.26 bits per heavy atom. The van der Waals surface area contributed by atoms with Gasteiger partial charge in [0.05, 0.1) is 0 Å².